The molecule has 0 aromatic heterocycles. The van der Waals surface area contributed by atoms with Crippen molar-refractivity contribution in [3.63, 3.8) is 0 Å². The van der Waals surface area contributed by atoms with Crippen molar-refractivity contribution in [1.29, 1.82) is 0 Å². The van der Waals surface area contributed by atoms with Crippen LogP contribution in [0.5, 0.6) is 0 Å². The van der Waals surface area contributed by atoms with E-state index in [1.165, 1.54) is 39.7 Å². The number of rotatable bonds is 6. The number of ether oxygens (including phenoxy) is 3. The molecule has 0 N–H and O–H groups in total. The molecule has 10 atom stereocenters. The summed E-state index contributed by atoms with van der Waals surface area (Å²) in [5, 5.41) is 0. The van der Waals surface area contributed by atoms with Gasteiger partial charge in [0.25, 0.3) is 0 Å². The maximum Gasteiger partial charge on any atom is 0.305 e. The van der Waals surface area contributed by atoms with Gasteiger partial charge in [0.2, 0.25) is 0 Å². The smallest absolute Gasteiger partial charge is 0.305 e. The molecule has 0 aromatic rings. The molecule has 0 aromatic carbocycles. The summed E-state index contributed by atoms with van der Waals surface area (Å²) >= 11 is 0. The molecule has 0 saturated heterocycles. The molecule has 0 amide bonds. The van der Waals surface area contributed by atoms with E-state index in [2.05, 4.69) is 20.8 Å². The highest BCUT2D eigenvalue weighted by Crippen LogP contribution is 2.68. The van der Waals surface area contributed by atoms with Gasteiger partial charge in [-0.05, 0) is 98.2 Å². The molecule has 0 heterocycles. The zero-order valence-electron chi connectivity index (χ0n) is 22.6. The predicted octanol–water partition coefficient (Wildman–Crippen LogP) is 5.71. The first-order valence-corrected chi connectivity index (χ1v) is 13.9. The Morgan fingerprint density at radius 3 is 2.20 bits per heavy atom. The number of carbonyl (C=O) groups excluding carboxylic acids is 3. The molecular weight excluding hydrogens is 444 g/mol. The van der Waals surface area contributed by atoms with Gasteiger partial charge in [-0.2, -0.15) is 0 Å². The number of hydrogen-bond donors (Lipinski definition) is 0. The first kappa shape index (κ1) is 26.5. The van der Waals surface area contributed by atoms with Gasteiger partial charge in [-0.1, -0.05) is 20.8 Å². The minimum absolute atomic E-state index is 0.0134. The lowest BCUT2D eigenvalue weighted by Gasteiger charge is -2.62. The van der Waals surface area contributed by atoms with Crippen LogP contribution in [-0.2, 0) is 28.6 Å². The van der Waals surface area contributed by atoms with Gasteiger partial charge >= 0.3 is 17.9 Å². The lowest BCUT2D eigenvalue weighted by Crippen LogP contribution is -2.59. The number of carbonyl (C=O) groups is 3. The molecule has 4 aliphatic carbocycles. The maximum atomic E-state index is 12.2. The summed E-state index contributed by atoms with van der Waals surface area (Å²) in [6, 6.07) is 0. The standard InChI is InChI=1S/C29H46O6/c1-17(7-10-26(32)33-6)22-8-9-23-27-24(12-14-29(22,23)5)28(4)13-11-21(34-18(2)30)15-20(28)16-25(27)35-19(3)31/h17,20-25,27H,7-16H2,1-6H3/t17-,20+,21-,22-,23-,24-,25-,27+,28+,29-/m1/s1. The van der Waals surface area contributed by atoms with Crippen molar-refractivity contribution in [2.24, 2.45) is 46.3 Å². The third-order valence-corrected chi connectivity index (χ3v) is 11.1. The monoisotopic (exact) mass is 490 g/mol. The van der Waals surface area contributed by atoms with E-state index in [0.717, 1.165) is 32.1 Å². The molecule has 4 aliphatic rings. The van der Waals surface area contributed by atoms with Crippen molar-refractivity contribution in [1.82, 2.24) is 0 Å². The van der Waals surface area contributed by atoms with Crippen LogP contribution in [0.4, 0.5) is 0 Å². The first-order chi connectivity index (χ1) is 16.5. The third kappa shape index (κ3) is 4.87. The fraction of sp³-hybridized carbons (Fsp3) is 0.897. The summed E-state index contributed by atoms with van der Waals surface area (Å²) in [5.74, 6) is 2.43. The largest absolute Gasteiger partial charge is 0.469 e. The van der Waals surface area contributed by atoms with Gasteiger partial charge in [0.1, 0.15) is 12.2 Å². The van der Waals surface area contributed by atoms with Crippen molar-refractivity contribution in [2.75, 3.05) is 7.11 Å². The van der Waals surface area contributed by atoms with E-state index in [1.54, 1.807) is 6.92 Å². The van der Waals surface area contributed by atoms with Crippen molar-refractivity contribution in [2.45, 2.75) is 111 Å². The van der Waals surface area contributed by atoms with Crippen LogP contribution in [-0.4, -0.2) is 37.2 Å². The topological polar surface area (TPSA) is 78.9 Å². The van der Waals surface area contributed by atoms with Crippen molar-refractivity contribution < 1.29 is 28.6 Å². The summed E-state index contributed by atoms with van der Waals surface area (Å²) < 4.78 is 16.6. The Morgan fingerprint density at radius 2 is 1.54 bits per heavy atom. The van der Waals surface area contributed by atoms with E-state index in [0.29, 0.717) is 41.9 Å². The van der Waals surface area contributed by atoms with Crippen molar-refractivity contribution in [3.8, 4) is 0 Å². The quantitative estimate of drug-likeness (QED) is 0.351. The number of methoxy groups -OCH3 is 1. The van der Waals surface area contributed by atoms with Crippen LogP contribution in [0.3, 0.4) is 0 Å². The Bertz CT molecular complexity index is 824. The average molecular weight is 491 g/mol. The van der Waals surface area contributed by atoms with Gasteiger partial charge in [0, 0.05) is 26.2 Å². The fourth-order valence-corrected chi connectivity index (χ4v) is 9.46. The average Bonchev–Trinajstić information content (AvgIpc) is 3.14. The summed E-state index contributed by atoms with van der Waals surface area (Å²) in [4.78, 5) is 35.6. The van der Waals surface area contributed by atoms with Crippen LogP contribution in [0.2, 0.25) is 0 Å². The van der Waals surface area contributed by atoms with E-state index in [1.807, 2.05) is 0 Å². The highest BCUT2D eigenvalue weighted by molar-refractivity contribution is 5.69. The molecule has 4 rings (SSSR count). The summed E-state index contributed by atoms with van der Waals surface area (Å²) in [7, 11) is 1.47. The van der Waals surface area contributed by atoms with E-state index < -0.39 is 0 Å². The molecule has 4 fully saturated rings. The Morgan fingerprint density at radius 1 is 0.886 bits per heavy atom. The Hall–Kier alpha value is -1.59. The zero-order valence-corrected chi connectivity index (χ0v) is 22.6. The Kier molecular flexibility index (Phi) is 7.60. The second-order valence-electron chi connectivity index (χ2n) is 12.7. The second kappa shape index (κ2) is 10.0. The molecule has 0 radical (unpaired) electrons. The second-order valence-corrected chi connectivity index (χ2v) is 12.7. The molecule has 198 valence electrons. The highest BCUT2D eigenvalue weighted by Gasteiger charge is 2.63. The van der Waals surface area contributed by atoms with Crippen LogP contribution in [0.25, 0.3) is 0 Å². The molecule has 4 saturated carbocycles. The number of esters is 3. The Labute approximate surface area is 211 Å². The van der Waals surface area contributed by atoms with E-state index in [-0.39, 0.29) is 40.9 Å². The summed E-state index contributed by atoms with van der Waals surface area (Å²) in [6.07, 6.45) is 9.80. The van der Waals surface area contributed by atoms with Crippen LogP contribution in [0.1, 0.15) is 98.8 Å². The van der Waals surface area contributed by atoms with Crippen LogP contribution in [0, 0.1) is 46.3 Å². The van der Waals surface area contributed by atoms with Crippen LogP contribution in [0.15, 0.2) is 0 Å². The normalized spacial score (nSPS) is 43.2. The molecule has 35 heavy (non-hydrogen) atoms. The molecule has 0 bridgehead atoms. The van der Waals surface area contributed by atoms with Crippen LogP contribution >= 0.6 is 0 Å². The summed E-state index contributed by atoms with van der Waals surface area (Å²) in [6.45, 7) is 10.3. The molecular formula is C29H46O6. The van der Waals surface area contributed by atoms with Gasteiger partial charge in [-0.15, -0.1) is 0 Å². The minimum Gasteiger partial charge on any atom is -0.469 e. The SMILES string of the molecule is COC(=O)CC[C@@H](C)[C@H]1CC[C@@H]2[C@H]3[C@@H](CC[C@@]21C)[C@@]1(C)CC[C@@H](OC(C)=O)C[C@H]1C[C@H]3OC(C)=O. The zero-order chi connectivity index (χ0) is 25.5. The van der Waals surface area contributed by atoms with E-state index >= 15 is 0 Å². The van der Waals surface area contributed by atoms with E-state index in [9.17, 15) is 14.4 Å². The molecule has 6 nitrogen and oxygen atoms in total. The maximum absolute atomic E-state index is 12.2. The fourth-order valence-electron chi connectivity index (χ4n) is 9.46. The molecule has 6 heteroatoms. The first-order valence-electron chi connectivity index (χ1n) is 13.9. The summed E-state index contributed by atoms with van der Waals surface area (Å²) in [5.41, 5.74) is 0.418. The predicted molar refractivity (Wildman–Crippen MR) is 132 cm³/mol. The van der Waals surface area contributed by atoms with Crippen molar-refractivity contribution in [3.05, 3.63) is 0 Å². The van der Waals surface area contributed by atoms with Gasteiger partial charge in [-0.25, -0.2) is 0 Å². The van der Waals surface area contributed by atoms with Crippen molar-refractivity contribution >= 4 is 17.9 Å². The number of hydrogen-bond acceptors (Lipinski definition) is 6. The minimum atomic E-state index is -0.199. The van der Waals surface area contributed by atoms with Gasteiger partial charge < -0.3 is 14.2 Å². The van der Waals surface area contributed by atoms with Gasteiger partial charge in [0.05, 0.1) is 7.11 Å². The lowest BCUT2D eigenvalue weighted by atomic mass is 9.43. The lowest BCUT2D eigenvalue weighted by molar-refractivity contribution is -0.197. The van der Waals surface area contributed by atoms with Crippen LogP contribution < -0.4 is 0 Å². The Balaban J connectivity index is 1.57. The van der Waals surface area contributed by atoms with Gasteiger partial charge in [-0.3, -0.25) is 14.4 Å². The molecule has 0 spiro atoms. The highest BCUT2D eigenvalue weighted by atomic mass is 16.5. The molecule has 0 unspecified atom stereocenters. The third-order valence-electron chi connectivity index (χ3n) is 11.1. The number of fused-ring (bicyclic) bond motifs is 5. The molecule has 0 aliphatic heterocycles. The van der Waals surface area contributed by atoms with Gasteiger partial charge in [0.15, 0.2) is 0 Å². The van der Waals surface area contributed by atoms with E-state index in [4.69, 9.17) is 14.2 Å².